The Morgan fingerprint density at radius 2 is 1.51 bits per heavy atom. The number of hydrogen-bond donors (Lipinski definition) is 6. The molecule has 0 radical (unpaired) electrons. The van der Waals surface area contributed by atoms with Crippen LogP contribution in [0.5, 0.6) is 0 Å². The third-order valence-electron chi connectivity index (χ3n) is 10.7. The highest BCUT2D eigenvalue weighted by molar-refractivity contribution is 5.81. The first-order chi connectivity index (χ1) is 21.6. The van der Waals surface area contributed by atoms with Gasteiger partial charge in [-0.25, -0.2) is 0 Å². The van der Waals surface area contributed by atoms with Crippen molar-refractivity contribution >= 4 is 5.91 Å². The van der Waals surface area contributed by atoms with E-state index in [1.807, 2.05) is 6.92 Å². The highest BCUT2D eigenvalue weighted by Crippen LogP contribution is 2.37. The number of aliphatic hydroxyl groups is 6. The Bertz CT molecular complexity index is 934. The molecule has 260 valence electrons. The van der Waals surface area contributed by atoms with E-state index in [2.05, 4.69) is 0 Å². The molecule has 13 nitrogen and oxygen atoms in total. The van der Waals surface area contributed by atoms with Crippen LogP contribution in [0.25, 0.3) is 0 Å². The van der Waals surface area contributed by atoms with E-state index in [1.165, 1.54) is 6.42 Å². The fourth-order valence-electron chi connectivity index (χ4n) is 7.64. The van der Waals surface area contributed by atoms with Crippen LogP contribution in [0.2, 0.25) is 0 Å². The van der Waals surface area contributed by atoms with Crippen molar-refractivity contribution in [3.05, 3.63) is 0 Å². The summed E-state index contributed by atoms with van der Waals surface area (Å²) in [6, 6.07) is 0. The van der Waals surface area contributed by atoms with Gasteiger partial charge in [0.2, 0.25) is 0 Å². The average Bonchev–Trinajstić information content (AvgIpc) is 3.01. The molecule has 2 saturated carbocycles. The van der Waals surface area contributed by atoms with Crippen molar-refractivity contribution in [3.63, 3.8) is 0 Å². The number of carbonyl (C=O) groups excluding carboxylic acids is 1. The molecule has 6 N–H and O–H groups in total. The predicted octanol–water partition coefficient (Wildman–Crippen LogP) is 0.190. The molecule has 5 fully saturated rings. The average molecular weight is 646 g/mol. The van der Waals surface area contributed by atoms with Crippen LogP contribution in [0.1, 0.15) is 84.5 Å². The molecular weight excluding hydrogens is 590 g/mol. The van der Waals surface area contributed by atoms with Gasteiger partial charge in [0, 0.05) is 13.1 Å². The second-order valence-electron chi connectivity index (χ2n) is 13.8. The molecule has 2 aliphatic carbocycles. The van der Waals surface area contributed by atoms with Gasteiger partial charge in [0.25, 0.3) is 5.91 Å². The smallest absolute Gasteiger partial charge is 0.251 e. The van der Waals surface area contributed by atoms with Gasteiger partial charge < -0.3 is 59.2 Å². The van der Waals surface area contributed by atoms with Gasteiger partial charge in [0.05, 0.1) is 24.9 Å². The van der Waals surface area contributed by atoms with Crippen molar-refractivity contribution in [1.82, 2.24) is 4.90 Å². The van der Waals surface area contributed by atoms with E-state index in [0.29, 0.717) is 31.8 Å². The zero-order valence-electron chi connectivity index (χ0n) is 26.6. The number of nitrogens with zero attached hydrogens (tertiary/aromatic N) is 1. The lowest BCUT2D eigenvalue weighted by atomic mass is 9.82. The van der Waals surface area contributed by atoms with Gasteiger partial charge in [0.1, 0.15) is 48.8 Å². The lowest BCUT2D eigenvalue weighted by Crippen LogP contribution is -2.63. The van der Waals surface area contributed by atoms with Gasteiger partial charge in [-0.05, 0) is 44.4 Å². The SMILES string of the molecule is CCC1CCC[C@@H](O[C@@H]2O[C@@H](CO)[C@H](O)C(O[C@@H](CC3CCCCC3)C(=O)N3CCC3)C2O)[C@@H]1O[C@@H]1OC(C)[C@@H](O)[C@H](O)C1O. The predicted molar refractivity (Wildman–Crippen MR) is 159 cm³/mol. The summed E-state index contributed by atoms with van der Waals surface area (Å²) in [5, 5.41) is 63.9. The van der Waals surface area contributed by atoms with Gasteiger partial charge in [-0.3, -0.25) is 4.79 Å². The van der Waals surface area contributed by atoms with Crippen molar-refractivity contribution in [2.75, 3.05) is 19.7 Å². The summed E-state index contributed by atoms with van der Waals surface area (Å²) >= 11 is 0. The van der Waals surface area contributed by atoms with Gasteiger partial charge in [-0.15, -0.1) is 0 Å². The van der Waals surface area contributed by atoms with Gasteiger partial charge in [0.15, 0.2) is 12.6 Å². The van der Waals surface area contributed by atoms with Crippen LogP contribution in [-0.4, -0.2) is 141 Å². The molecule has 14 atom stereocenters. The summed E-state index contributed by atoms with van der Waals surface area (Å²) in [6.45, 7) is 4.36. The molecule has 5 unspecified atom stereocenters. The summed E-state index contributed by atoms with van der Waals surface area (Å²) < 4.78 is 30.6. The summed E-state index contributed by atoms with van der Waals surface area (Å²) in [6.07, 6.45) is -5.10. The van der Waals surface area contributed by atoms with Crippen LogP contribution < -0.4 is 0 Å². The molecule has 0 aromatic carbocycles. The van der Waals surface area contributed by atoms with Crippen molar-refractivity contribution in [1.29, 1.82) is 0 Å². The van der Waals surface area contributed by atoms with Crippen molar-refractivity contribution in [2.24, 2.45) is 11.8 Å². The Kier molecular flexibility index (Phi) is 12.5. The third-order valence-corrected chi connectivity index (χ3v) is 10.7. The maximum atomic E-state index is 13.5. The molecule has 45 heavy (non-hydrogen) atoms. The van der Waals surface area contributed by atoms with Crippen LogP contribution in [0, 0.1) is 11.8 Å². The molecule has 0 aromatic rings. The van der Waals surface area contributed by atoms with E-state index in [9.17, 15) is 35.4 Å². The lowest BCUT2D eigenvalue weighted by Gasteiger charge is -2.47. The highest BCUT2D eigenvalue weighted by Gasteiger charge is 2.51. The maximum Gasteiger partial charge on any atom is 0.251 e. The van der Waals surface area contributed by atoms with Crippen LogP contribution in [0.3, 0.4) is 0 Å². The molecule has 3 heterocycles. The highest BCUT2D eigenvalue weighted by atomic mass is 16.7. The first-order valence-corrected chi connectivity index (χ1v) is 17.2. The minimum Gasteiger partial charge on any atom is -0.394 e. The Morgan fingerprint density at radius 3 is 2.16 bits per heavy atom. The number of amides is 1. The minimum atomic E-state index is -1.48. The molecule has 0 spiro atoms. The van der Waals surface area contributed by atoms with E-state index in [4.69, 9.17) is 23.7 Å². The van der Waals surface area contributed by atoms with E-state index >= 15 is 0 Å². The number of ether oxygens (including phenoxy) is 5. The fourth-order valence-corrected chi connectivity index (χ4v) is 7.64. The quantitative estimate of drug-likeness (QED) is 0.179. The first-order valence-electron chi connectivity index (χ1n) is 17.2. The molecule has 5 rings (SSSR count). The summed E-state index contributed by atoms with van der Waals surface area (Å²) in [7, 11) is 0. The number of hydrogen-bond acceptors (Lipinski definition) is 12. The van der Waals surface area contributed by atoms with Crippen LogP contribution in [-0.2, 0) is 28.5 Å². The standard InChI is InChI=1S/C32H55NO12/c1-3-19-11-7-12-20(28(19)45-31-26(38)25(37)23(35)17(2)41-31)43-32-27(39)29(24(36)22(16-34)44-32)42-21(30(40)33-13-8-14-33)15-18-9-5-4-6-10-18/h17-29,31-32,34-39H,3-16H2,1-2H3/t17?,19?,20-,21+,22+,23-,24+,25+,26?,27?,28-,29?,31+,32-/m1/s1. The zero-order valence-corrected chi connectivity index (χ0v) is 26.6. The number of carbonyl (C=O) groups is 1. The number of likely N-dealkylation sites (tertiary alicyclic amines) is 1. The van der Waals surface area contributed by atoms with E-state index in [-0.39, 0.29) is 11.8 Å². The second kappa shape index (κ2) is 16.0. The summed E-state index contributed by atoms with van der Waals surface area (Å²) in [5.41, 5.74) is 0. The topological polar surface area (TPSA) is 188 Å². The second-order valence-corrected chi connectivity index (χ2v) is 13.8. The van der Waals surface area contributed by atoms with E-state index in [0.717, 1.165) is 51.4 Å². The molecule has 0 aromatic heterocycles. The molecule has 13 heteroatoms. The minimum absolute atomic E-state index is 0.000111. The monoisotopic (exact) mass is 645 g/mol. The van der Waals surface area contributed by atoms with Crippen molar-refractivity contribution in [2.45, 2.75) is 164 Å². The van der Waals surface area contributed by atoms with Crippen LogP contribution in [0.15, 0.2) is 0 Å². The Morgan fingerprint density at radius 1 is 0.800 bits per heavy atom. The summed E-state index contributed by atoms with van der Waals surface area (Å²) in [5.74, 6) is 0.171. The summed E-state index contributed by atoms with van der Waals surface area (Å²) in [4.78, 5) is 15.2. The van der Waals surface area contributed by atoms with Crippen LogP contribution >= 0.6 is 0 Å². The van der Waals surface area contributed by atoms with Crippen molar-refractivity contribution in [3.8, 4) is 0 Å². The molecule has 3 aliphatic heterocycles. The normalized spacial score (nSPS) is 43.9. The molecule has 1 amide bonds. The Hall–Kier alpha value is -0.970. The lowest BCUT2D eigenvalue weighted by molar-refractivity contribution is -0.349. The first kappa shape index (κ1) is 35.3. The zero-order chi connectivity index (χ0) is 32.2. The number of aliphatic hydroxyl groups excluding tert-OH is 6. The molecule has 0 bridgehead atoms. The van der Waals surface area contributed by atoms with Crippen molar-refractivity contribution < 1.29 is 59.1 Å². The maximum absolute atomic E-state index is 13.5. The van der Waals surface area contributed by atoms with E-state index < -0.39 is 86.3 Å². The molecular formula is C32H55NO12. The van der Waals surface area contributed by atoms with Crippen LogP contribution in [0.4, 0.5) is 0 Å². The largest absolute Gasteiger partial charge is 0.394 e. The van der Waals surface area contributed by atoms with Gasteiger partial charge >= 0.3 is 0 Å². The molecule has 5 aliphatic rings. The number of rotatable bonds is 11. The Balaban J connectivity index is 1.32. The fraction of sp³-hybridized carbons (Fsp3) is 0.969. The molecule has 3 saturated heterocycles. The van der Waals surface area contributed by atoms with E-state index in [1.54, 1.807) is 11.8 Å². The van der Waals surface area contributed by atoms with Gasteiger partial charge in [-0.1, -0.05) is 51.9 Å². The Labute approximate surface area is 265 Å². The van der Waals surface area contributed by atoms with Gasteiger partial charge in [-0.2, -0.15) is 0 Å². The third kappa shape index (κ3) is 8.02.